The average Bonchev–Trinajstić information content (AvgIpc) is 2.01. The van der Waals surface area contributed by atoms with Crippen molar-refractivity contribution in [2.24, 2.45) is 0 Å². The lowest BCUT2D eigenvalue weighted by Gasteiger charge is -2.00. The maximum absolute atomic E-state index is 11.0. The first-order valence-corrected chi connectivity index (χ1v) is 6.36. The summed E-state index contributed by atoms with van der Waals surface area (Å²) < 4.78 is 22.0. The quantitative estimate of drug-likeness (QED) is 0.783. The lowest BCUT2D eigenvalue weighted by molar-refractivity contribution is 0.610. The molecule has 0 aliphatic heterocycles. The van der Waals surface area contributed by atoms with Gasteiger partial charge in [-0.3, -0.25) is 0 Å². The minimum absolute atomic E-state index is 0.601. The number of hydrogen-bond acceptors (Lipinski definition) is 2. The van der Waals surface area contributed by atoms with E-state index in [1.807, 2.05) is 6.07 Å². The summed E-state index contributed by atoms with van der Waals surface area (Å²) in [6.45, 7) is 1.74. The molecule has 14 heavy (non-hydrogen) atoms. The lowest BCUT2D eigenvalue weighted by Crippen LogP contribution is -1.91. The van der Waals surface area contributed by atoms with E-state index >= 15 is 0 Å². The van der Waals surface area contributed by atoms with Crippen LogP contribution in [0, 0.1) is 0 Å². The van der Waals surface area contributed by atoms with Gasteiger partial charge in [-0.05, 0) is 30.2 Å². The second-order valence-electron chi connectivity index (χ2n) is 3.14. The van der Waals surface area contributed by atoms with Crippen molar-refractivity contribution in [3.8, 4) is 0 Å². The molecular formula is C10H11ClO2S. The van der Waals surface area contributed by atoms with E-state index in [4.69, 9.17) is 11.6 Å². The van der Waals surface area contributed by atoms with Crippen LogP contribution in [0.4, 0.5) is 0 Å². The van der Waals surface area contributed by atoms with Crippen LogP contribution in [0.2, 0.25) is 5.02 Å². The molecule has 0 saturated heterocycles. The molecule has 1 aromatic rings. The van der Waals surface area contributed by atoms with Crippen LogP contribution in [0.25, 0.3) is 5.57 Å². The van der Waals surface area contributed by atoms with Crippen molar-refractivity contribution < 1.29 is 8.42 Å². The largest absolute Gasteiger partial charge is 0.225 e. The zero-order chi connectivity index (χ0) is 10.8. The van der Waals surface area contributed by atoms with Crippen molar-refractivity contribution in [1.29, 1.82) is 0 Å². The Kier molecular flexibility index (Phi) is 3.34. The normalized spacial score (nSPS) is 12.9. The highest BCUT2D eigenvalue weighted by molar-refractivity contribution is 7.93. The van der Waals surface area contributed by atoms with E-state index in [-0.39, 0.29) is 0 Å². The summed E-state index contributed by atoms with van der Waals surface area (Å²) in [6, 6.07) is 7.09. The fourth-order valence-electron chi connectivity index (χ4n) is 1.12. The molecule has 0 atom stereocenters. The first-order chi connectivity index (χ1) is 6.38. The number of allylic oxidation sites excluding steroid dienone is 1. The first kappa shape index (κ1) is 11.3. The van der Waals surface area contributed by atoms with E-state index in [2.05, 4.69) is 0 Å². The minimum atomic E-state index is -3.09. The number of rotatable bonds is 2. The summed E-state index contributed by atoms with van der Waals surface area (Å²) in [5.74, 6) is 0. The van der Waals surface area contributed by atoms with Crippen LogP contribution in [-0.2, 0) is 9.84 Å². The SMILES string of the molecule is C/C(=C/S(C)(=O)=O)c1cccc(Cl)c1. The predicted octanol–water partition coefficient (Wildman–Crippen LogP) is 2.75. The van der Waals surface area contributed by atoms with E-state index in [0.29, 0.717) is 10.6 Å². The molecule has 0 spiro atoms. The smallest absolute Gasteiger partial charge is 0.169 e. The molecule has 76 valence electrons. The van der Waals surface area contributed by atoms with Gasteiger partial charge in [0.15, 0.2) is 9.84 Å². The van der Waals surface area contributed by atoms with E-state index < -0.39 is 9.84 Å². The molecule has 4 heteroatoms. The van der Waals surface area contributed by atoms with Gasteiger partial charge in [-0.1, -0.05) is 23.7 Å². The van der Waals surface area contributed by atoms with E-state index in [1.54, 1.807) is 25.1 Å². The van der Waals surface area contributed by atoms with Gasteiger partial charge in [-0.15, -0.1) is 0 Å². The highest BCUT2D eigenvalue weighted by atomic mass is 35.5. The van der Waals surface area contributed by atoms with E-state index in [9.17, 15) is 8.42 Å². The molecule has 1 aromatic carbocycles. The van der Waals surface area contributed by atoms with Gasteiger partial charge in [0.1, 0.15) is 0 Å². The molecule has 0 amide bonds. The minimum Gasteiger partial charge on any atom is -0.225 e. The number of hydrogen-bond donors (Lipinski definition) is 0. The molecule has 2 nitrogen and oxygen atoms in total. The Morgan fingerprint density at radius 1 is 1.43 bits per heavy atom. The molecule has 0 heterocycles. The van der Waals surface area contributed by atoms with Crippen molar-refractivity contribution in [2.75, 3.05) is 6.26 Å². The Balaban J connectivity index is 3.13. The second kappa shape index (κ2) is 4.15. The van der Waals surface area contributed by atoms with Gasteiger partial charge in [0.25, 0.3) is 0 Å². The second-order valence-corrected chi connectivity index (χ2v) is 5.47. The van der Waals surface area contributed by atoms with Crippen LogP contribution >= 0.6 is 11.6 Å². The van der Waals surface area contributed by atoms with Crippen LogP contribution in [0.5, 0.6) is 0 Å². The highest BCUT2D eigenvalue weighted by Gasteiger charge is 2.01. The van der Waals surface area contributed by atoms with Gasteiger partial charge in [0.2, 0.25) is 0 Å². The molecule has 0 unspecified atom stereocenters. The van der Waals surface area contributed by atoms with Crippen molar-refractivity contribution in [3.63, 3.8) is 0 Å². The molecule has 0 saturated carbocycles. The van der Waals surface area contributed by atoms with Crippen LogP contribution in [0.1, 0.15) is 12.5 Å². The molecule has 0 N–H and O–H groups in total. The summed E-state index contributed by atoms with van der Waals surface area (Å²) in [6.07, 6.45) is 1.17. The Hall–Kier alpha value is -0.800. The Bertz CT molecular complexity index is 461. The Morgan fingerprint density at radius 3 is 2.57 bits per heavy atom. The summed E-state index contributed by atoms with van der Waals surface area (Å²) in [5, 5.41) is 1.84. The summed E-state index contributed by atoms with van der Waals surface area (Å²) >= 11 is 5.78. The van der Waals surface area contributed by atoms with Crippen molar-refractivity contribution in [2.45, 2.75) is 6.92 Å². The van der Waals surface area contributed by atoms with Gasteiger partial charge in [0.05, 0.1) is 0 Å². The Labute approximate surface area is 89.1 Å². The zero-order valence-corrected chi connectivity index (χ0v) is 9.56. The molecule has 0 fully saturated rings. The van der Waals surface area contributed by atoms with Crippen molar-refractivity contribution >= 4 is 27.0 Å². The maximum atomic E-state index is 11.0. The van der Waals surface area contributed by atoms with Crippen molar-refractivity contribution in [3.05, 3.63) is 40.3 Å². The van der Waals surface area contributed by atoms with Gasteiger partial charge in [-0.2, -0.15) is 0 Å². The van der Waals surface area contributed by atoms with E-state index in [0.717, 1.165) is 5.56 Å². The average molecular weight is 231 g/mol. The molecule has 0 bridgehead atoms. The van der Waals surface area contributed by atoms with Gasteiger partial charge >= 0.3 is 0 Å². The third-order valence-electron chi connectivity index (χ3n) is 1.67. The van der Waals surface area contributed by atoms with Gasteiger partial charge < -0.3 is 0 Å². The highest BCUT2D eigenvalue weighted by Crippen LogP contribution is 2.18. The van der Waals surface area contributed by atoms with E-state index in [1.165, 1.54) is 11.7 Å². The lowest BCUT2D eigenvalue weighted by atomic mass is 10.1. The van der Waals surface area contributed by atoms with Gasteiger partial charge in [0, 0.05) is 16.7 Å². The molecule has 0 aliphatic carbocycles. The molecule has 0 aromatic heterocycles. The third-order valence-corrected chi connectivity index (χ3v) is 2.69. The molecule has 1 rings (SSSR count). The zero-order valence-electron chi connectivity index (χ0n) is 7.99. The molecular weight excluding hydrogens is 220 g/mol. The standard InChI is InChI=1S/C10H11ClO2S/c1-8(7-14(2,12)13)9-4-3-5-10(11)6-9/h3-7H,1-2H3/b8-7-. The van der Waals surface area contributed by atoms with Crippen LogP contribution in [0.15, 0.2) is 29.7 Å². The Morgan fingerprint density at radius 2 is 2.07 bits per heavy atom. The molecule has 0 radical (unpaired) electrons. The summed E-state index contributed by atoms with van der Waals surface area (Å²) in [5.41, 5.74) is 1.51. The predicted molar refractivity (Wildman–Crippen MR) is 59.9 cm³/mol. The summed E-state index contributed by atoms with van der Waals surface area (Å²) in [7, 11) is -3.09. The topological polar surface area (TPSA) is 34.1 Å². The third kappa shape index (κ3) is 3.52. The van der Waals surface area contributed by atoms with Gasteiger partial charge in [-0.25, -0.2) is 8.42 Å². The first-order valence-electron chi connectivity index (χ1n) is 4.03. The fraction of sp³-hybridized carbons (Fsp3) is 0.200. The van der Waals surface area contributed by atoms with Crippen molar-refractivity contribution in [1.82, 2.24) is 0 Å². The fourth-order valence-corrected chi connectivity index (χ4v) is 2.09. The van der Waals surface area contributed by atoms with Crippen LogP contribution < -0.4 is 0 Å². The number of benzene rings is 1. The van der Waals surface area contributed by atoms with Crippen LogP contribution in [-0.4, -0.2) is 14.7 Å². The molecule has 0 aliphatic rings. The van der Waals surface area contributed by atoms with Crippen LogP contribution in [0.3, 0.4) is 0 Å². The monoisotopic (exact) mass is 230 g/mol. The number of sulfone groups is 1. The number of halogens is 1. The summed E-state index contributed by atoms with van der Waals surface area (Å²) in [4.78, 5) is 0. The maximum Gasteiger partial charge on any atom is 0.169 e.